The molecule has 0 aromatic heterocycles. The highest BCUT2D eigenvalue weighted by Crippen LogP contribution is 2.18. The van der Waals surface area contributed by atoms with Crippen molar-refractivity contribution in [3.63, 3.8) is 0 Å². The summed E-state index contributed by atoms with van der Waals surface area (Å²) >= 11 is 0. The summed E-state index contributed by atoms with van der Waals surface area (Å²) in [4.78, 5) is 0. The van der Waals surface area contributed by atoms with E-state index >= 15 is 0 Å². The second-order valence-electron chi connectivity index (χ2n) is 5.29. The predicted octanol–water partition coefficient (Wildman–Crippen LogP) is 4.00. The molecule has 0 bridgehead atoms. The Labute approximate surface area is 109 Å². The van der Waals surface area contributed by atoms with Crippen LogP contribution >= 0.6 is 0 Å². The standard InChI is InChI=1S/C15H33NO/c1-6-9-10-14(7-2)11-15(16-8-3)12-17-13(4)5/h13-16H,6-12H2,1-5H3. The van der Waals surface area contributed by atoms with Gasteiger partial charge in [-0.15, -0.1) is 0 Å². The summed E-state index contributed by atoms with van der Waals surface area (Å²) in [5, 5.41) is 3.55. The molecule has 1 N–H and O–H groups in total. The molecule has 0 rings (SSSR count). The van der Waals surface area contributed by atoms with Crippen molar-refractivity contribution in [3.05, 3.63) is 0 Å². The Morgan fingerprint density at radius 1 is 1.12 bits per heavy atom. The first-order valence-corrected chi connectivity index (χ1v) is 7.48. The lowest BCUT2D eigenvalue weighted by atomic mass is 9.92. The maximum absolute atomic E-state index is 5.74. The Bertz CT molecular complexity index is 159. The van der Waals surface area contributed by atoms with Gasteiger partial charge in [-0.05, 0) is 32.7 Å². The lowest BCUT2D eigenvalue weighted by Crippen LogP contribution is -2.36. The SMILES string of the molecule is CCCCC(CC)CC(COC(C)C)NCC. The van der Waals surface area contributed by atoms with Crippen molar-refractivity contribution < 1.29 is 4.74 Å². The summed E-state index contributed by atoms with van der Waals surface area (Å²) in [7, 11) is 0. The lowest BCUT2D eigenvalue weighted by molar-refractivity contribution is 0.0557. The first-order chi connectivity index (χ1) is 8.13. The molecule has 0 radical (unpaired) electrons. The minimum absolute atomic E-state index is 0.340. The molecule has 0 aliphatic rings. The van der Waals surface area contributed by atoms with Gasteiger partial charge in [0.25, 0.3) is 0 Å². The van der Waals surface area contributed by atoms with Crippen LogP contribution in [0.2, 0.25) is 0 Å². The van der Waals surface area contributed by atoms with Gasteiger partial charge in [0.15, 0.2) is 0 Å². The Morgan fingerprint density at radius 2 is 1.82 bits per heavy atom. The van der Waals surface area contributed by atoms with Crippen LogP contribution in [-0.4, -0.2) is 25.3 Å². The van der Waals surface area contributed by atoms with Crippen LogP contribution in [0.3, 0.4) is 0 Å². The second kappa shape index (κ2) is 11.0. The fourth-order valence-electron chi connectivity index (χ4n) is 2.19. The van der Waals surface area contributed by atoms with E-state index in [1.165, 1.54) is 32.1 Å². The third-order valence-corrected chi connectivity index (χ3v) is 3.28. The maximum atomic E-state index is 5.74. The minimum atomic E-state index is 0.340. The summed E-state index contributed by atoms with van der Waals surface area (Å²) in [5.41, 5.74) is 0. The van der Waals surface area contributed by atoms with Gasteiger partial charge in [-0.2, -0.15) is 0 Å². The highest BCUT2D eigenvalue weighted by atomic mass is 16.5. The molecule has 2 heteroatoms. The number of rotatable bonds is 11. The third kappa shape index (κ3) is 9.61. The van der Waals surface area contributed by atoms with Gasteiger partial charge in [-0.25, -0.2) is 0 Å². The van der Waals surface area contributed by atoms with Crippen molar-refractivity contribution in [1.82, 2.24) is 5.32 Å². The molecule has 0 aliphatic carbocycles. The smallest absolute Gasteiger partial charge is 0.0623 e. The highest BCUT2D eigenvalue weighted by molar-refractivity contribution is 4.71. The molecule has 0 fully saturated rings. The molecule has 2 atom stereocenters. The molecule has 0 aromatic rings. The van der Waals surface area contributed by atoms with Gasteiger partial charge in [0.05, 0.1) is 12.7 Å². The van der Waals surface area contributed by atoms with Crippen LogP contribution in [0.25, 0.3) is 0 Å². The van der Waals surface area contributed by atoms with E-state index in [0.29, 0.717) is 12.1 Å². The van der Waals surface area contributed by atoms with E-state index in [1.54, 1.807) is 0 Å². The molecule has 2 nitrogen and oxygen atoms in total. The number of hydrogen-bond acceptors (Lipinski definition) is 2. The van der Waals surface area contributed by atoms with E-state index in [-0.39, 0.29) is 0 Å². The quantitative estimate of drug-likeness (QED) is 0.592. The summed E-state index contributed by atoms with van der Waals surface area (Å²) in [6.07, 6.45) is 6.94. The van der Waals surface area contributed by atoms with Gasteiger partial charge < -0.3 is 10.1 Å². The summed E-state index contributed by atoms with van der Waals surface area (Å²) in [6.45, 7) is 12.9. The van der Waals surface area contributed by atoms with Crippen molar-refractivity contribution in [2.24, 2.45) is 5.92 Å². The van der Waals surface area contributed by atoms with Crippen molar-refractivity contribution in [2.75, 3.05) is 13.2 Å². The zero-order valence-corrected chi connectivity index (χ0v) is 12.6. The first-order valence-electron chi connectivity index (χ1n) is 7.48. The number of hydrogen-bond donors (Lipinski definition) is 1. The first kappa shape index (κ1) is 16.9. The maximum Gasteiger partial charge on any atom is 0.0623 e. The monoisotopic (exact) mass is 243 g/mol. The number of likely N-dealkylation sites (N-methyl/N-ethyl adjacent to an activating group) is 1. The largest absolute Gasteiger partial charge is 0.377 e. The van der Waals surface area contributed by atoms with Crippen molar-refractivity contribution >= 4 is 0 Å². The van der Waals surface area contributed by atoms with E-state index in [0.717, 1.165) is 19.1 Å². The molecular formula is C15H33NO. The Hall–Kier alpha value is -0.0800. The Morgan fingerprint density at radius 3 is 2.29 bits per heavy atom. The molecule has 0 spiro atoms. The second-order valence-corrected chi connectivity index (χ2v) is 5.29. The van der Waals surface area contributed by atoms with E-state index < -0.39 is 0 Å². The molecule has 0 aliphatic heterocycles. The van der Waals surface area contributed by atoms with E-state index in [4.69, 9.17) is 4.74 Å². The van der Waals surface area contributed by atoms with Crippen molar-refractivity contribution in [2.45, 2.75) is 78.9 Å². The summed E-state index contributed by atoms with van der Waals surface area (Å²) < 4.78 is 5.74. The van der Waals surface area contributed by atoms with Crippen LogP contribution in [0, 0.1) is 5.92 Å². The molecule has 2 unspecified atom stereocenters. The zero-order chi connectivity index (χ0) is 13.1. The molecule has 104 valence electrons. The van der Waals surface area contributed by atoms with Gasteiger partial charge in [0.2, 0.25) is 0 Å². The van der Waals surface area contributed by atoms with Crippen molar-refractivity contribution in [3.8, 4) is 0 Å². The van der Waals surface area contributed by atoms with Crippen molar-refractivity contribution in [1.29, 1.82) is 0 Å². The van der Waals surface area contributed by atoms with Gasteiger partial charge in [0.1, 0.15) is 0 Å². The highest BCUT2D eigenvalue weighted by Gasteiger charge is 2.15. The normalized spacial score (nSPS) is 15.2. The van der Waals surface area contributed by atoms with E-state index in [2.05, 4.69) is 39.9 Å². The summed E-state index contributed by atoms with van der Waals surface area (Å²) in [6, 6.07) is 0.532. The van der Waals surface area contributed by atoms with Gasteiger partial charge in [-0.1, -0.05) is 46.5 Å². The third-order valence-electron chi connectivity index (χ3n) is 3.28. The molecule has 0 saturated carbocycles. The summed E-state index contributed by atoms with van der Waals surface area (Å²) in [5.74, 6) is 0.856. The Balaban J connectivity index is 4.00. The van der Waals surface area contributed by atoms with Gasteiger partial charge in [0, 0.05) is 6.04 Å². The van der Waals surface area contributed by atoms with E-state index in [9.17, 15) is 0 Å². The van der Waals surface area contributed by atoms with Crippen LogP contribution < -0.4 is 5.32 Å². The molecular weight excluding hydrogens is 210 g/mol. The molecule has 0 amide bonds. The number of unbranched alkanes of at least 4 members (excludes halogenated alkanes) is 1. The minimum Gasteiger partial charge on any atom is -0.377 e. The van der Waals surface area contributed by atoms with Crippen LogP contribution in [0.5, 0.6) is 0 Å². The lowest BCUT2D eigenvalue weighted by Gasteiger charge is -2.24. The average Bonchev–Trinajstić information content (AvgIpc) is 2.31. The van der Waals surface area contributed by atoms with Gasteiger partial charge >= 0.3 is 0 Å². The molecule has 0 aromatic carbocycles. The fourth-order valence-corrected chi connectivity index (χ4v) is 2.19. The number of ether oxygens (including phenoxy) is 1. The average molecular weight is 243 g/mol. The van der Waals surface area contributed by atoms with Crippen LogP contribution in [-0.2, 0) is 4.74 Å². The predicted molar refractivity (Wildman–Crippen MR) is 76.5 cm³/mol. The van der Waals surface area contributed by atoms with E-state index in [1.807, 2.05) is 0 Å². The van der Waals surface area contributed by atoms with Crippen LogP contribution in [0.15, 0.2) is 0 Å². The van der Waals surface area contributed by atoms with Crippen LogP contribution in [0.4, 0.5) is 0 Å². The molecule has 0 heterocycles. The molecule has 0 saturated heterocycles. The van der Waals surface area contributed by atoms with Gasteiger partial charge in [-0.3, -0.25) is 0 Å². The zero-order valence-electron chi connectivity index (χ0n) is 12.6. The Kier molecular flexibility index (Phi) is 11.0. The molecule has 17 heavy (non-hydrogen) atoms. The fraction of sp³-hybridized carbons (Fsp3) is 1.00. The topological polar surface area (TPSA) is 21.3 Å². The van der Waals surface area contributed by atoms with Crippen LogP contribution in [0.1, 0.15) is 66.7 Å². The number of nitrogens with one attached hydrogen (secondary N) is 1.